The number of hydrogen-bond acceptors (Lipinski definition) is 3. The molecule has 0 spiro atoms. The quantitative estimate of drug-likeness (QED) is 0.586. The molecule has 0 fully saturated rings. The minimum absolute atomic E-state index is 0.142. The molecule has 0 amide bonds. The summed E-state index contributed by atoms with van der Waals surface area (Å²) in [5.74, 6) is 0. The van der Waals surface area contributed by atoms with Crippen LogP contribution in [0.4, 0.5) is 0 Å². The molecule has 0 aromatic rings. The first-order valence-corrected chi connectivity index (χ1v) is 4.55. The number of nitrogens with one attached hydrogen (secondary N) is 1. The van der Waals surface area contributed by atoms with Gasteiger partial charge in [-0.2, -0.15) is 5.26 Å². The van der Waals surface area contributed by atoms with Crippen LogP contribution in [0.3, 0.4) is 0 Å². The molecule has 0 saturated heterocycles. The molecule has 1 N–H and O–H groups in total. The van der Waals surface area contributed by atoms with Crippen LogP contribution in [0, 0.1) is 11.3 Å². The van der Waals surface area contributed by atoms with Crippen LogP contribution >= 0.6 is 0 Å². The Morgan fingerprint density at radius 1 is 1.42 bits per heavy atom. The normalized spacial score (nSPS) is 12.4. The molecule has 12 heavy (non-hydrogen) atoms. The van der Waals surface area contributed by atoms with Crippen molar-refractivity contribution in [3.63, 3.8) is 0 Å². The number of ether oxygens (including phenoxy) is 1. The molecule has 0 radical (unpaired) electrons. The molecule has 0 aromatic carbocycles. The van der Waals surface area contributed by atoms with Gasteiger partial charge in [0, 0.05) is 6.61 Å². The standard InChI is InChI=1S/C9H18N2O/c1-3-5-11-9(7-10)8-12-6-4-2/h9,11H,3-6,8H2,1-2H3. The maximum Gasteiger partial charge on any atom is 0.119 e. The summed E-state index contributed by atoms with van der Waals surface area (Å²) in [7, 11) is 0. The van der Waals surface area contributed by atoms with E-state index < -0.39 is 0 Å². The van der Waals surface area contributed by atoms with Crippen molar-refractivity contribution in [2.24, 2.45) is 0 Å². The number of hydrogen-bond donors (Lipinski definition) is 1. The molecular weight excluding hydrogens is 152 g/mol. The van der Waals surface area contributed by atoms with Gasteiger partial charge in [-0.25, -0.2) is 0 Å². The smallest absolute Gasteiger partial charge is 0.119 e. The topological polar surface area (TPSA) is 45.0 Å². The second-order valence-corrected chi connectivity index (χ2v) is 2.71. The van der Waals surface area contributed by atoms with Crippen LogP contribution in [0.15, 0.2) is 0 Å². The van der Waals surface area contributed by atoms with Gasteiger partial charge in [0.05, 0.1) is 12.7 Å². The highest BCUT2D eigenvalue weighted by atomic mass is 16.5. The van der Waals surface area contributed by atoms with Crippen LogP contribution in [-0.4, -0.2) is 25.8 Å². The Labute approximate surface area is 74.7 Å². The Balaban J connectivity index is 3.35. The van der Waals surface area contributed by atoms with Gasteiger partial charge in [0.1, 0.15) is 6.04 Å². The van der Waals surface area contributed by atoms with E-state index >= 15 is 0 Å². The summed E-state index contributed by atoms with van der Waals surface area (Å²) in [5, 5.41) is 11.8. The zero-order valence-electron chi connectivity index (χ0n) is 7.97. The minimum Gasteiger partial charge on any atom is -0.379 e. The Morgan fingerprint density at radius 3 is 2.67 bits per heavy atom. The van der Waals surface area contributed by atoms with Gasteiger partial charge in [-0.3, -0.25) is 0 Å². The molecule has 0 rings (SSSR count). The largest absolute Gasteiger partial charge is 0.379 e. The van der Waals surface area contributed by atoms with Crippen LogP contribution in [0.1, 0.15) is 26.7 Å². The average Bonchev–Trinajstić information content (AvgIpc) is 2.11. The van der Waals surface area contributed by atoms with Gasteiger partial charge in [-0.05, 0) is 19.4 Å². The van der Waals surface area contributed by atoms with E-state index in [2.05, 4.69) is 25.2 Å². The van der Waals surface area contributed by atoms with Crippen molar-refractivity contribution < 1.29 is 4.74 Å². The summed E-state index contributed by atoms with van der Waals surface area (Å²) in [6, 6.07) is 2.02. The van der Waals surface area contributed by atoms with Gasteiger partial charge in [0.2, 0.25) is 0 Å². The van der Waals surface area contributed by atoms with E-state index in [0.717, 1.165) is 26.0 Å². The van der Waals surface area contributed by atoms with Crippen LogP contribution in [-0.2, 0) is 4.74 Å². The minimum atomic E-state index is -0.142. The third-order valence-corrected chi connectivity index (χ3v) is 1.43. The lowest BCUT2D eigenvalue weighted by Crippen LogP contribution is -2.32. The molecule has 3 nitrogen and oxygen atoms in total. The first-order chi connectivity index (χ1) is 5.85. The molecular formula is C9H18N2O. The van der Waals surface area contributed by atoms with Crippen molar-refractivity contribution in [3.8, 4) is 6.07 Å². The molecule has 0 saturated carbocycles. The van der Waals surface area contributed by atoms with E-state index in [1.807, 2.05) is 0 Å². The molecule has 0 aliphatic rings. The molecule has 0 aliphatic heterocycles. The van der Waals surface area contributed by atoms with Crippen LogP contribution in [0.25, 0.3) is 0 Å². The zero-order chi connectivity index (χ0) is 9.23. The summed E-state index contributed by atoms with van der Waals surface area (Å²) in [6.45, 7) is 6.26. The lowest BCUT2D eigenvalue weighted by atomic mass is 10.3. The first kappa shape index (κ1) is 11.4. The number of nitrogens with zero attached hydrogens (tertiary/aromatic N) is 1. The van der Waals surface area contributed by atoms with E-state index in [1.54, 1.807) is 0 Å². The van der Waals surface area contributed by atoms with E-state index in [1.165, 1.54) is 0 Å². The fraction of sp³-hybridized carbons (Fsp3) is 0.889. The third kappa shape index (κ3) is 6.14. The molecule has 1 unspecified atom stereocenters. The van der Waals surface area contributed by atoms with Gasteiger partial charge in [0.15, 0.2) is 0 Å². The van der Waals surface area contributed by atoms with E-state index in [4.69, 9.17) is 10.00 Å². The van der Waals surface area contributed by atoms with Gasteiger partial charge < -0.3 is 10.1 Å². The summed E-state index contributed by atoms with van der Waals surface area (Å²) >= 11 is 0. The van der Waals surface area contributed by atoms with Gasteiger partial charge in [-0.1, -0.05) is 13.8 Å². The summed E-state index contributed by atoms with van der Waals surface area (Å²) in [6.07, 6.45) is 2.05. The van der Waals surface area contributed by atoms with Crippen LogP contribution < -0.4 is 5.32 Å². The van der Waals surface area contributed by atoms with E-state index in [0.29, 0.717) is 6.61 Å². The van der Waals surface area contributed by atoms with Gasteiger partial charge >= 0.3 is 0 Å². The Kier molecular flexibility index (Phi) is 8.09. The fourth-order valence-electron chi connectivity index (χ4n) is 0.806. The van der Waals surface area contributed by atoms with Crippen molar-refractivity contribution in [3.05, 3.63) is 0 Å². The first-order valence-electron chi connectivity index (χ1n) is 4.55. The number of rotatable bonds is 7. The van der Waals surface area contributed by atoms with Crippen molar-refractivity contribution in [1.82, 2.24) is 5.32 Å². The van der Waals surface area contributed by atoms with Crippen molar-refractivity contribution in [1.29, 1.82) is 5.26 Å². The number of nitriles is 1. The van der Waals surface area contributed by atoms with Crippen molar-refractivity contribution >= 4 is 0 Å². The maximum atomic E-state index is 8.66. The monoisotopic (exact) mass is 170 g/mol. The highest BCUT2D eigenvalue weighted by Gasteiger charge is 2.04. The van der Waals surface area contributed by atoms with Crippen molar-refractivity contribution in [2.75, 3.05) is 19.8 Å². The van der Waals surface area contributed by atoms with E-state index in [-0.39, 0.29) is 6.04 Å². The molecule has 0 aliphatic carbocycles. The predicted molar refractivity (Wildman–Crippen MR) is 48.8 cm³/mol. The Hall–Kier alpha value is -0.590. The maximum absolute atomic E-state index is 8.66. The third-order valence-electron chi connectivity index (χ3n) is 1.43. The highest BCUT2D eigenvalue weighted by molar-refractivity contribution is 4.89. The second-order valence-electron chi connectivity index (χ2n) is 2.71. The highest BCUT2D eigenvalue weighted by Crippen LogP contribution is 1.86. The summed E-state index contributed by atoms with van der Waals surface area (Å²) < 4.78 is 5.25. The second kappa shape index (κ2) is 8.51. The Bertz CT molecular complexity index is 131. The molecule has 70 valence electrons. The van der Waals surface area contributed by atoms with Crippen LogP contribution in [0.5, 0.6) is 0 Å². The van der Waals surface area contributed by atoms with Gasteiger partial charge in [-0.15, -0.1) is 0 Å². The summed E-state index contributed by atoms with van der Waals surface area (Å²) in [4.78, 5) is 0. The van der Waals surface area contributed by atoms with Crippen molar-refractivity contribution in [2.45, 2.75) is 32.7 Å². The SMILES string of the molecule is CCCNC(C#N)COCCC. The van der Waals surface area contributed by atoms with Gasteiger partial charge in [0.25, 0.3) is 0 Å². The summed E-state index contributed by atoms with van der Waals surface area (Å²) in [5.41, 5.74) is 0. The molecule has 0 heterocycles. The predicted octanol–water partition coefficient (Wildman–Crippen LogP) is 1.30. The van der Waals surface area contributed by atoms with E-state index in [9.17, 15) is 0 Å². The lowest BCUT2D eigenvalue weighted by molar-refractivity contribution is 0.124. The zero-order valence-corrected chi connectivity index (χ0v) is 7.97. The molecule has 0 aromatic heterocycles. The molecule has 3 heteroatoms. The lowest BCUT2D eigenvalue weighted by Gasteiger charge is -2.10. The fourth-order valence-corrected chi connectivity index (χ4v) is 0.806. The Morgan fingerprint density at radius 2 is 2.17 bits per heavy atom. The average molecular weight is 170 g/mol. The molecule has 0 bridgehead atoms. The van der Waals surface area contributed by atoms with Crippen LogP contribution in [0.2, 0.25) is 0 Å². The molecule has 1 atom stereocenters.